The number of hydrogen-bond donors (Lipinski definition) is 3. The van der Waals surface area contributed by atoms with Gasteiger partial charge in [-0.15, -0.1) is 0 Å². The van der Waals surface area contributed by atoms with E-state index in [1.165, 1.54) is 167 Å². The SMILES string of the molecule is CCCCCCCCCCCCCC(=O)OC[C@H](COP(=O)(O)OC[C@@H](O)COP(=O)(O)OC[C@@H](COC(=O)CCCCCCCCCC(C)C)OC(=O)CCCCCCCCCCCCC)OC(=O)CCCCCCCCCCCCCCCCC(C)C. The summed E-state index contributed by atoms with van der Waals surface area (Å²) in [5.41, 5.74) is 0. The Morgan fingerprint density at radius 2 is 0.517 bits per heavy atom. The molecule has 0 aliphatic rings. The summed E-state index contributed by atoms with van der Waals surface area (Å²) in [6.45, 7) is 9.51. The smallest absolute Gasteiger partial charge is 0.462 e. The summed E-state index contributed by atoms with van der Waals surface area (Å²) in [7, 11) is -9.90. The highest BCUT2D eigenvalue weighted by molar-refractivity contribution is 7.47. The van der Waals surface area contributed by atoms with Crippen LogP contribution in [0.3, 0.4) is 0 Å². The maximum atomic E-state index is 13.0. The Morgan fingerprint density at radius 1 is 0.303 bits per heavy atom. The molecule has 0 aromatic carbocycles. The number of esters is 4. The quantitative estimate of drug-likeness (QED) is 0.0222. The first kappa shape index (κ1) is 87.1. The molecule has 0 saturated carbocycles. The van der Waals surface area contributed by atoms with E-state index in [4.69, 9.17) is 37.0 Å². The number of phosphoric ester groups is 2. The first-order valence-corrected chi connectivity index (χ1v) is 39.5. The molecule has 0 aromatic heterocycles. The highest BCUT2D eigenvalue weighted by Crippen LogP contribution is 2.45. The van der Waals surface area contributed by atoms with Gasteiger partial charge in [0.25, 0.3) is 0 Å². The molecule has 89 heavy (non-hydrogen) atoms. The lowest BCUT2D eigenvalue weighted by molar-refractivity contribution is -0.161. The molecule has 17 nitrogen and oxygen atoms in total. The van der Waals surface area contributed by atoms with Crippen molar-refractivity contribution in [2.45, 2.75) is 374 Å². The Balaban J connectivity index is 5.22. The number of aliphatic hydroxyl groups is 1. The summed E-state index contributed by atoms with van der Waals surface area (Å²) < 4.78 is 68.2. The Bertz CT molecular complexity index is 1730. The minimum absolute atomic E-state index is 0.106. The number of aliphatic hydroxyl groups excluding tert-OH is 1. The Hall–Kier alpha value is -1.94. The van der Waals surface area contributed by atoms with Gasteiger partial charge in [0.1, 0.15) is 19.3 Å². The van der Waals surface area contributed by atoms with Crippen LogP contribution in [-0.2, 0) is 65.4 Å². The van der Waals surface area contributed by atoms with E-state index >= 15 is 0 Å². The highest BCUT2D eigenvalue weighted by Gasteiger charge is 2.30. The molecule has 0 bridgehead atoms. The van der Waals surface area contributed by atoms with E-state index in [9.17, 15) is 43.2 Å². The normalized spacial score (nSPS) is 14.1. The van der Waals surface area contributed by atoms with Crippen LogP contribution in [0.25, 0.3) is 0 Å². The van der Waals surface area contributed by atoms with Crippen LogP contribution in [0.5, 0.6) is 0 Å². The molecule has 0 spiro atoms. The summed E-state index contributed by atoms with van der Waals surface area (Å²) in [5, 5.41) is 10.6. The van der Waals surface area contributed by atoms with Gasteiger partial charge in [0, 0.05) is 25.7 Å². The second kappa shape index (κ2) is 62.2. The van der Waals surface area contributed by atoms with Crippen LogP contribution in [-0.4, -0.2) is 96.7 Å². The fourth-order valence-corrected chi connectivity index (χ4v) is 12.2. The van der Waals surface area contributed by atoms with Crippen molar-refractivity contribution in [2.75, 3.05) is 39.6 Å². The van der Waals surface area contributed by atoms with Gasteiger partial charge in [0.2, 0.25) is 0 Å². The molecule has 0 heterocycles. The van der Waals surface area contributed by atoms with E-state index in [2.05, 4.69) is 41.5 Å². The molecule has 0 amide bonds. The second-order valence-corrected chi connectivity index (χ2v) is 29.1. The largest absolute Gasteiger partial charge is 0.472 e. The van der Waals surface area contributed by atoms with Gasteiger partial charge in [-0.2, -0.15) is 0 Å². The van der Waals surface area contributed by atoms with E-state index in [1.54, 1.807) is 0 Å². The predicted octanol–water partition coefficient (Wildman–Crippen LogP) is 20.0. The van der Waals surface area contributed by atoms with E-state index in [0.717, 1.165) is 102 Å². The average molecular weight is 1310 g/mol. The van der Waals surface area contributed by atoms with E-state index < -0.39 is 97.5 Å². The second-order valence-electron chi connectivity index (χ2n) is 26.2. The van der Waals surface area contributed by atoms with Crippen LogP contribution in [0.2, 0.25) is 0 Å². The summed E-state index contributed by atoms with van der Waals surface area (Å²) in [6, 6.07) is 0. The molecule has 2 unspecified atom stereocenters. The van der Waals surface area contributed by atoms with E-state index in [0.29, 0.717) is 31.6 Å². The van der Waals surface area contributed by atoms with E-state index in [-0.39, 0.29) is 25.7 Å². The first-order chi connectivity index (χ1) is 42.9. The fraction of sp³-hybridized carbons (Fsp3) is 0.943. The van der Waals surface area contributed by atoms with Gasteiger partial charge >= 0.3 is 39.5 Å². The Labute approximate surface area is 543 Å². The Morgan fingerprint density at radius 3 is 0.764 bits per heavy atom. The van der Waals surface area contributed by atoms with Crippen LogP contribution in [0, 0.1) is 11.8 Å². The molecule has 3 N–H and O–H groups in total. The van der Waals surface area contributed by atoms with Crippen molar-refractivity contribution in [3.8, 4) is 0 Å². The van der Waals surface area contributed by atoms with Crippen molar-refractivity contribution >= 4 is 39.5 Å². The van der Waals surface area contributed by atoms with Crippen LogP contribution in [0.4, 0.5) is 0 Å². The van der Waals surface area contributed by atoms with Crippen molar-refractivity contribution in [2.24, 2.45) is 11.8 Å². The number of rotatable bonds is 69. The van der Waals surface area contributed by atoms with Crippen molar-refractivity contribution in [3.63, 3.8) is 0 Å². The standard InChI is InChI=1S/C70H136O17P2/c1-7-9-11-13-15-17-23-28-34-40-46-52-67(72)80-58-65(86-70(75)55-49-43-36-30-26-22-20-19-21-25-27-32-38-44-50-62(3)4)60-84-88(76,77)82-56-64(71)57-83-89(78,79)85-61-66(59-81-68(73)53-47-41-37-31-33-39-45-51-63(5)6)87-69(74)54-48-42-35-29-24-18-16-14-12-10-8-2/h62-66,71H,7-61H2,1-6H3,(H,76,77)(H,78,79)/t64-,65-,66-/m1/s1. The van der Waals surface area contributed by atoms with Crippen molar-refractivity contribution < 1.29 is 80.2 Å². The zero-order chi connectivity index (χ0) is 65.7. The van der Waals surface area contributed by atoms with Crippen molar-refractivity contribution in [1.82, 2.24) is 0 Å². The molecule has 0 aliphatic carbocycles. The topological polar surface area (TPSA) is 237 Å². The van der Waals surface area contributed by atoms with Crippen LogP contribution in [0.1, 0.15) is 356 Å². The third-order valence-electron chi connectivity index (χ3n) is 16.2. The van der Waals surface area contributed by atoms with Crippen LogP contribution >= 0.6 is 15.6 Å². The predicted molar refractivity (Wildman–Crippen MR) is 358 cm³/mol. The van der Waals surface area contributed by atoms with Gasteiger partial charge in [-0.3, -0.25) is 37.3 Å². The number of carbonyl (C=O) groups is 4. The lowest BCUT2D eigenvalue weighted by Gasteiger charge is -2.21. The van der Waals surface area contributed by atoms with Gasteiger partial charge < -0.3 is 33.8 Å². The number of ether oxygens (including phenoxy) is 4. The average Bonchev–Trinajstić information content (AvgIpc) is 3.52. The monoisotopic (exact) mass is 1310 g/mol. The van der Waals surface area contributed by atoms with Crippen LogP contribution in [0.15, 0.2) is 0 Å². The molecule has 0 aromatic rings. The minimum atomic E-state index is -4.95. The van der Waals surface area contributed by atoms with Gasteiger partial charge in [0.05, 0.1) is 26.4 Å². The molecular weight excluding hydrogens is 1170 g/mol. The third-order valence-corrected chi connectivity index (χ3v) is 18.1. The molecule has 0 fully saturated rings. The molecule has 0 saturated heterocycles. The third kappa shape index (κ3) is 64.6. The Kier molecular flexibility index (Phi) is 60.8. The molecule has 19 heteroatoms. The van der Waals surface area contributed by atoms with Gasteiger partial charge in [-0.25, -0.2) is 9.13 Å². The molecule has 528 valence electrons. The number of hydrogen-bond acceptors (Lipinski definition) is 15. The van der Waals surface area contributed by atoms with Crippen LogP contribution < -0.4 is 0 Å². The molecule has 5 atom stereocenters. The summed E-state index contributed by atoms with van der Waals surface area (Å²) in [4.78, 5) is 72.5. The fourth-order valence-electron chi connectivity index (χ4n) is 10.6. The maximum Gasteiger partial charge on any atom is 0.472 e. The minimum Gasteiger partial charge on any atom is -0.462 e. The molecule has 0 radical (unpaired) electrons. The van der Waals surface area contributed by atoms with Gasteiger partial charge in [-0.1, -0.05) is 305 Å². The maximum absolute atomic E-state index is 13.0. The van der Waals surface area contributed by atoms with E-state index in [1.807, 2.05) is 0 Å². The summed E-state index contributed by atoms with van der Waals surface area (Å²) >= 11 is 0. The molecule has 0 rings (SSSR count). The number of phosphoric acid groups is 2. The number of unbranched alkanes of at least 4 members (excludes halogenated alkanes) is 39. The lowest BCUT2D eigenvalue weighted by Crippen LogP contribution is -2.30. The van der Waals surface area contributed by atoms with Gasteiger partial charge in [0.15, 0.2) is 12.2 Å². The number of carbonyl (C=O) groups excluding carboxylic acids is 4. The van der Waals surface area contributed by atoms with Crippen molar-refractivity contribution in [1.29, 1.82) is 0 Å². The first-order valence-electron chi connectivity index (χ1n) is 36.5. The van der Waals surface area contributed by atoms with Gasteiger partial charge in [-0.05, 0) is 37.5 Å². The zero-order valence-corrected chi connectivity index (χ0v) is 59.5. The highest BCUT2D eigenvalue weighted by atomic mass is 31.2. The van der Waals surface area contributed by atoms with Crippen molar-refractivity contribution in [3.05, 3.63) is 0 Å². The zero-order valence-electron chi connectivity index (χ0n) is 57.7. The summed E-state index contributed by atoms with van der Waals surface area (Å²) in [5.74, 6) is -0.623. The summed E-state index contributed by atoms with van der Waals surface area (Å²) in [6.07, 6.45) is 47.2. The molecule has 0 aliphatic heterocycles. The lowest BCUT2D eigenvalue weighted by atomic mass is 10.0. The molecular formula is C70H136O17P2.